The number of nitrogens with zero attached hydrogens (tertiary/aromatic N) is 3. The first-order valence-electron chi connectivity index (χ1n) is 10.3. The van der Waals surface area contributed by atoms with Gasteiger partial charge in [0.1, 0.15) is 22.2 Å². The van der Waals surface area contributed by atoms with Crippen LogP contribution in [0, 0.1) is 19.8 Å². The van der Waals surface area contributed by atoms with Gasteiger partial charge in [-0.2, -0.15) is 4.39 Å². The molecule has 1 aromatic carbocycles. The minimum absolute atomic E-state index is 0.0993. The van der Waals surface area contributed by atoms with Gasteiger partial charge in [-0.25, -0.2) is 9.97 Å². The van der Waals surface area contributed by atoms with E-state index in [9.17, 15) is 9.18 Å². The highest BCUT2D eigenvalue weighted by molar-refractivity contribution is 6.29. The summed E-state index contributed by atoms with van der Waals surface area (Å²) in [5.41, 5.74) is 8.31. The molecule has 10 heteroatoms. The fourth-order valence-electron chi connectivity index (χ4n) is 3.81. The number of aromatic nitrogens is 2. The van der Waals surface area contributed by atoms with Crippen molar-refractivity contribution in [2.24, 2.45) is 10.9 Å². The monoisotopic (exact) mass is 481 g/mol. The van der Waals surface area contributed by atoms with E-state index in [-0.39, 0.29) is 39.0 Å². The molecule has 0 radical (unpaired) electrons. The second-order valence-corrected chi connectivity index (χ2v) is 8.23. The van der Waals surface area contributed by atoms with Gasteiger partial charge in [0.25, 0.3) is 0 Å². The smallest absolute Gasteiger partial charge is 0.223 e. The number of benzene rings is 1. The molecule has 3 aromatic heterocycles. The van der Waals surface area contributed by atoms with Crippen LogP contribution in [0.1, 0.15) is 35.3 Å². The average molecular weight is 482 g/mol. The third kappa shape index (κ3) is 4.17. The number of aryl methyl sites for hydroxylation is 1. The van der Waals surface area contributed by atoms with Crippen molar-refractivity contribution in [2.45, 2.75) is 26.8 Å². The van der Waals surface area contributed by atoms with Gasteiger partial charge in [-0.05, 0) is 56.7 Å². The van der Waals surface area contributed by atoms with Crippen LogP contribution in [0.3, 0.4) is 0 Å². The fourth-order valence-corrected chi connectivity index (χ4v) is 3.95. The first kappa shape index (κ1) is 23.2. The second kappa shape index (κ2) is 9.11. The van der Waals surface area contributed by atoms with E-state index in [1.165, 1.54) is 12.3 Å². The summed E-state index contributed by atoms with van der Waals surface area (Å²) in [5, 5.41) is 15.9. The highest BCUT2D eigenvalue weighted by Crippen LogP contribution is 2.33. The molecule has 4 aromatic rings. The van der Waals surface area contributed by atoms with Crippen molar-refractivity contribution in [1.29, 1.82) is 0 Å². The molecule has 3 heterocycles. The summed E-state index contributed by atoms with van der Waals surface area (Å²) in [4.78, 5) is 21.0. The SMILES string of the molecule is Cc1cc([C@@H](C)Nc2ccc(Cl)nc2/C(N)=N/O)c2oc(-c3cccnc3F)c(C)c(=O)c2c1. The first-order valence-corrected chi connectivity index (χ1v) is 10.7. The molecule has 34 heavy (non-hydrogen) atoms. The molecule has 0 bridgehead atoms. The van der Waals surface area contributed by atoms with E-state index in [4.69, 9.17) is 27.0 Å². The summed E-state index contributed by atoms with van der Waals surface area (Å²) >= 11 is 5.97. The lowest BCUT2D eigenvalue weighted by Gasteiger charge is -2.20. The molecule has 0 saturated heterocycles. The summed E-state index contributed by atoms with van der Waals surface area (Å²) in [6.07, 6.45) is 1.33. The molecular weight excluding hydrogens is 461 g/mol. The van der Waals surface area contributed by atoms with E-state index < -0.39 is 12.0 Å². The number of fused-ring (bicyclic) bond motifs is 1. The largest absolute Gasteiger partial charge is 0.455 e. The number of anilines is 1. The maximum atomic E-state index is 14.4. The third-order valence-corrected chi connectivity index (χ3v) is 5.66. The number of nitrogens with one attached hydrogen (secondary N) is 1. The van der Waals surface area contributed by atoms with E-state index in [0.29, 0.717) is 22.2 Å². The zero-order valence-corrected chi connectivity index (χ0v) is 19.3. The standard InChI is InChI=1S/C24H21ClFN5O3/c1-11-9-15(13(3)29-17-6-7-18(25)30-19(17)24(27)31-33)22-16(10-11)20(32)12(2)21(34-22)14-5-4-8-28-23(14)26/h4-10,13,29,33H,1-3H3,(H2,27,31)/t13-/m1/s1. The van der Waals surface area contributed by atoms with Crippen LogP contribution in [0.25, 0.3) is 22.3 Å². The summed E-state index contributed by atoms with van der Waals surface area (Å²) in [5.74, 6) is -0.836. The second-order valence-electron chi connectivity index (χ2n) is 7.84. The van der Waals surface area contributed by atoms with Crippen molar-refractivity contribution in [2.75, 3.05) is 5.32 Å². The van der Waals surface area contributed by atoms with Crippen LogP contribution in [0.4, 0.5) is 10.1 Å². The predicted molar refractivity (Wildman–Crippen MR) is 129 cm³/mol. The van der Waals surface area contributed by atoms with Gasteiger partial charge in [-0.15, -0.1) is 0 Å². The Morgan fingerprint density at radius 2 is 2.06 bits per heavy atom. The third-order valence-electron chi connectivity index (χ3n) is 5.45. The van der Waals surface area contributed by atoms with Gasteiger partial charge in [0.05, 0.1) is 22.7 Å². The van der Waals surface area contributed by atoms with Gasteiger partial charge in [0.2, 0.25) is 5.95 Å². The molecule has 4 rings (SSSR count). The van der Waals surface area contributed by atoms with Gasteiger partial charge in [0, 0.05) is 17.3 Å². The Balaban J connectivity index is 1.90. The average Bonchev–Trinajstić information content (AvgIpc) is 2.82. The van der Waals surface area contributed by atoms with Crippen LogP contribution in [0.15, 0.2) is 57.0 Å². The Morgan fingerprint density at radius 3 is 2.76 bits per heavy atom. The molecule has 1 atom stereocenters. The zero-order chi connectivity index (χ0) is 24.6. The van der Waals surface area contributed by atoms with Crippen molar-refractivity contribution in [1.82, 2.24) is 9.97 Å². The number of hydrogen-bond acceptors (Lipinski definition) is 7. The van der Waals surface area contributed by atoms with Crippen molar-refractivity contribution >= 4 is 34.1 Å². The Bertz CT molecular complexity index is 1500. The minimum Gasteiger partial charge on any atom is -0.455 e. The van der Waals surface area contributed by atoms with E-state index in [1.807, 2.05) is 19.9 Å². The highest BCUT2D eigenvalue weighted by atomic mass is 35.5. The molecule has 0 aliphatic carbocycles. The Morgan fingerprint density at radius 1 is 1.29 bits per heavy atom. The first-order chi connectivity index (χ1) is 16.2. The van der Waals surface area contributed by atoms with Crippen molar-refractivity contribution in [3.8, 4) is 11.3 Å². The molecule has 0 fully saturated rings. The molecule has 4 N–H and O–H groups in total. The molecule has 0 unspecified atom stereocenters. The van der Waals surface area contributed by atoms with E-state index in [1.54, 1.807) is 31.2 Å². The maximum Gasteiger partial charge on any atom is 0.223 e. The Hall–Kier alpha value is -3.98. The molecule has 0 saturated carbocycles. The lowest BCUT2D eigenvalue weighted by molar-refractivity contribution is 0.318. The van der Waals surface area contributed by atoms with Crippen LogP contribution in [0.5, 0.6) is 0 Å². The van der Waals surface area contributed by atoms with Gasteiger partial charge < -0.3 is 20.7 Å². The predicted octanol–water partition coefficient (Wildman–Crippen LogP) is 4.93. The van der Waals surface area contributed by atoms with Crippen LogP contribution in [-0.2, 0) is 0 Å². The van der Waals surface area contributed by atoms with E-state index in [2.05, 4.69) is 20.4 Å². The van der Waals surface area contributed by atoms with Crippen molar-refractivity contribution in [3.63, 3.8) is 0 Å². The number of oxime groups is 1. The lowest BCUT2D eigenvalue weighted by atomic mass is 9.99. The number of nitrogens with two attached hydrogens (primary N) is 1. The molecule has 0 amide bonds. The fraction of sp³-hybridized carbons (Fsp3) is 0.167. The Kier molecular flexibility index (Phi) is 6.21. The molecular formula is C24H21ClFN5O3. The zero-order valence-electron chi connectivity index (χ0n) is 18.6. The molecule has 0 spiro atoms. The number of pyridine rings is 2. The van der Waals surface area contributed by atoms with Gasteiger partial charge in [-0.3, -0.25) is 4.79 Å². The number of hydrogen-bond donors (Lipinski definition) is 3. The van der Waals surface area contributed by atoms with E-state index >= 15 is 0 Å². The topological polar surface area (TPSA) is 127 Å². The molecule has 8 nitrogen and oxygen atoms in total. The van der Waals surface area contributed by atoms with Crippen molar-refractivity contribution in [3.05, 3.63) is 86.3 Å². The summed E-state index contributed by atoms with van der Waals surface area (Å²) in [7, 11) is 0. The quantitative estimate of drug-likeness (QED) is 0.121. The number of halogens is 2. The highest BCUT2D eigenvalue weighted by Gasteiger charge is 2.21. The van der Waals surface area contributed by atoms with Gasteiger partial charge in [-0.1, -0.05) is 22.8 Å². The molecule has 0 aliphatic heterocycles. The van der Waals surface area contributed by atoms with Gasteiger partial charge in [0.15, 0.2) is 11.3 Å². The van der Waals surface area contributed by atoms with Gasteiger partial charge >= 0.3 is 0 Å². The minimum atomic E-state index is -0.733. The molecule has 174 valence electrons. The van der Waals surface area contributed by atoms with Crippen LogP contribution in [0.2, 0.25) is 5.15 Å². The van der Waals surface area contributed by atoms with Crippen LogP contribution < -0.4 is 16.5 Å². The van der Waals surface area contributed by atoms with Crippen LogP contribution in [-0.4, -0.2) is 21.0 Å². The van der Waals surface area contributed by atoms with E-state index in [0.717, 1.165) is 5.56 Å². The van der Waals surface area contributed by atoms with Crippen molar-refractivity contribution < 1.29 is 14.0 Å². The number of rotatable bonds is 5. The number of amidine groups is 1. The summed E-state index contributed by atoms with van der Waals surface area (Å²) < 4.78 is 20.6. The lowest BCUT2D eigenvalue weighted by Crippen LogP contribution is -2.19. The Labute approximate surface area is 198 Å². The van der Waals surface area contributed by atoms with Crippen LogP contribution >= 0.6 is 11.6 Å². The summed E-state index contributed by atoms with van der Waals surface area (Å²) in [6.45, 7) is 5.31. The molecule has 0 aliphatic rings. The summed E-state index contributed by atoms with van der Waals surface area (Å²) in [6, 6.07) is 9.48. The normalized spacial score (nSPS) is 12.7. The maximum absolute atomic E-state index is 14.4.